The van der Waals surface area contributed by atoms with Gasteiger partial charge in [0.2, 0.25) is 0 Å². The molecule has 2 aromatic rings. The smallest absolute Gasteiger partial charge is 0.251 e. The van der Waals surface area contributed by atoms with Crippen LogP contribution in [0.4, 0.5) is 0 Å². The van der Waals surface area contributed by atoms with E-state index < -0.39 is 0 Å². The lowest BCUT2D eigenvalue weighted by atomic mass is 10.0. The topological polar surface area (TPSA) is 59.8 Å². The van der Waals surface area contributed by atoms with E-state index in [4.69, 9.17) is 0 Å². The van der Waals surface area contributed by atoms with Gasteiger partial charge in [0.25, 0.3) is 5.91 Å². The van der Waals surface area contributed by atoms with Crippen molar-refractivity contribution in [3.8, 4) is 0 Å². The number of rotatable bonds is 4. The molecular weight excluding hydrogens is 288 g/mol. The highest BCUT2D eigenvalue weighted by molar-refractivity contribution is 5.95. The van der Waals surface area contributed by atoms with E-state index in [1.807, 2.05) is 32.0 Å². The summed E-state index contributed by atoms with van der Waals surface area (Å²) in [6, 6.07) is 5.83. The van der Waals surface area contributed by atoms with Gasteiger partial charge in [-0.3, -0.25) is 4.79 Å². The Morgan fingerprint density at radius 3 is 2.96 bits per heavy atom. The molecule has 1 amide bonds. The largest absolute Gasteiger partial charge is 0.352 e. The minimum Gasteiger partial charge on any atom is -0.352 e. The zero-order valence-electron chi connectivity index (χ0n) is 13.9. The van der Waals surface area contributed by atoms with Crippen LogP contribution in [-0.4, -0.2) is 27.2 Å². The average molecular weight is 312 g/mol. The summed E-state index contributed by atoms with van der Waals surface area (Å²) >= 11 is 0. The number of nitrogens with one attached hydrogen (secondary N) is 1. The van der Waals surface area contributed by atoms with Gasteiger partial charge in [-0.2, -0.15) is 0 Å². The number of aromatic nitrogens is 3. The number of hydrogen-bond donors (Lipinski definition) is 1. The van der Waals surface area contributed by atoms with E-state index in [0.29, 0.717) is 6.54 Å². The summed E-state index contributed by atoms with van der Waals surface area (Å²) in [5.41, 5.74) is 2.94. The van der Waals surface area contributed by atoms with Crippen molar-refractivity contribution in [1.29, 1.82) is 0 Å². The van der Waals surface area contributed by atoms with Gasteiger partial charge in [-0.05, 0) is 43.9 Å². The van der Waals surface area contributed by atoms with Gasteiger partial charge < -0.3 is 9.88 Å². The fraction of sp³-hybridized carbons (Fsp3) is 0.500. The molecule has 3 rings (SSSR count). The Hall–Kier alpha value is -2.17. The molecule has 5 nitrogen and oxygen atoms in total. The molecule has 0 atom stereocenters. The first-order chi connectivity index (χ1) is 11.2. The molecule has 0 bridgehead atoms. The maximum absolute atomic E-state index is 12.3. The number of fused-ring (bicyclic) bond motifs is 1. The summed E-state index contributed by atoms with van der Waals surface area (Å²) in [5.74, 6) is 2.07. The number of hydrogen-bond acceptors (Lipinski definition) is 3. The van der Waals surface area contributed by atoms with Crippen LogP contribution in [0, 0.1) is 13.8 Å². The molecule has 0 radical (unpaired) electrons. The highest BCUT2D eigenvalue weighted by Gasteiger charge is 2.15. The third-order valence-corrected chi connectivity index (χ3v) is 4.67. The molecule has 1 aromatic carbocycles. The first-order valence-corrected chi connectivity index (χ1v) is 8.42. The molecule has 0 fully saturated rings. The summed E-state index contributed by atoms with van der Waals surface area (Å²) in [6.07, 6.45) is 5.38. The van der Waals surface area contributed by atoms with Crippen molar-refractivity contribution in [3.63, 3.8) is 0 Å². The summed E-state index contributed by atoms with van der Waals surface area (Å²) in [7, 11) is 0. The van der Waals surface area contributed by atoms with Crippen LogP contribution in [0.25, 0.3) is 0 Å². The Labute approximate surface area is 137 Å². The molecule has 1 aromatic heterocycles. The van der Waals surface area contributed by atoms with E-state index >= 15 is 0 Å². The molecule has 1 aliphatic rings. The fourth-order valence-corrected chi connectivity index (χ4v) is 3.11. The van der Waals surface area contributed by atoms with Crippen LogP contribution in [-0.2, 0) is 19.4 Å². The third kappa shape index (κ3) is 3.44. The summed E-state index contributed by atoms with van der Waals surface area (Å²) in [4.78, 5) is 12.3. The summed E-state index contributed by atoms with van der Waals surface area (Å²) < 4.78 is 2.23. The lowest BCUT2D eigenvalue weighted by Crippen LogP contribution is -2.27. The Morgan fingerprint density at radius 2 is 2.09 bits per heavy atom. The van der Waals surface area contributed by atoms with E-state index in [1.165, 1.54) is 19.3 Å². The molecule has 0 saturated carbocycles. The number of aryl methyl sites for hydroxylation is 2. The van der Waals surface area contributed by atoms with Gasteiger partial charge in [0.05, 0.1) is 0 Å². The molecule has 0 aliphatic carbocycles. The number of carbonyl (C=O) groups excluding carboxylic acids is 1. The molecular formula is C18H24N4O. The molecule has 5 heteroatoms. The van der Waals surface area contributed by atoms with Crippen molar-refractivity contribution >= 4 is 5.91 Å². The maximum Gasteiger partial charge on any atom is 0.251 e. The molecule has 0 saturated heterocycles. The predicted octanol–water partition coefficient (Wildman–Crippen LogP) is 2.59. The van der Waals surface area contributed by atoms with Crippen molar-refractivity contribution in [2.24, 2.45) is 0 Å². The second-order valence-electron chi connectivity index (χ2n) is 6.25. The minimum absolute atomic E-state index is 0.0122. The van der Waals surface area contributed by atoms with Crippen LogP contribution in [0.3, 0.4) is 0 Å². The first-order valence-electron chi connectivity index (χ1n) is 8.42. The Bertz CT molecular complexity index is 705. The molecule has 1 aliphatic heterocycles. The first kappa shape index (κ1) is 15.7. The van der Waals surface area contributed by atoms with Gasteiger partial charge in [0.1, 0.15) is 11.6 Å². The molecule has 1 N–H and O–H groups in total. The van der Waals surface area contributed by atoms with Gasteiger partial charge in [-0.25, -0.2) is 0 Å². The Morgan fingerprint density at radius 1 is 1.22 bits per heavy atom. The molecule has 122 valence electrons. The van der Waals surface area contributed by atoms with Crippen molar-refractivity contribution in [1.82, 2.24) is 20.1 Å². The molecule has 23 heavy (non-hydrogen) atoms. The van der Waals surface area contributed by atoms with Crippen LogP contribution in [0.15, 0.2) is 18.2 Å². The van der Waals surface area contributed by atoms with Crippen molar-refractivity contribution < 1.29 is 4.79 Å². The highest BCUT2D eigenvalue weighted by Crippen LogP contribution is 2.15. The van der Waals surface area contributed by atoms with E-state index in [-0.39, 0.29) is 5.91 Å². The average Bonchev–Trinajstić information content (AvgIpc) is 2.78. The van der Waals surface area contributed by atoms with E-state index in [9.17, 15) is 4.79 Å². The monoisotopic (exact) mass is 312 g/mol. The number of benzene rings is 1. The van der Waals surface area contributed by atoms with Crippen molar-refractivity contribution in [2.75, 3.05) is 6.54 Å². The van der Waals surface area contributed by atoms with Crippen LogP contribution in [0.5, 0.6) is 0 Å². The second-order valence-corrected chi connectivity index (χ2v) is 6.25. The highest BCUT2D eigenvalue weighted by atomic mass is 16.1. The van der Waals surface area contributed by atoms with Crippen LogP contribution >= 0.6 is 0 Å². The Kier molecular flexibility index (Phi) is 4.74. The van der Waals surface area contributed by atoms with Crippen LogP contribution in [0.2, 0.25) is 0 Å². The summed E-state index contributed by atoms with van der Waals surface area (Å²) in [6.45, 7) is 5.60. The predicted molar refractivity (Wildman–Crippen MR) is 89.5 cm³/mol. The van der Waals surface area contributed by atoms with E-state index in [1.54, 1.807) is 0 Å². The fourth-order valence-electron chi connectivity index (χ4n) is 3.11. The SMILES string of the molecule is Cc1cccc(C(=O)NCCc2nnc3n2CCCCC3)c1C. The Balaban J connectivity index is 1.60. The zero-order valence-corrected chi connectivity index (χ0v) is 13.9. The van der Waals surface area contributed by atoms with E-state index in [2.05, 4.69) is 20.1 Å². The summed E-state index contributed by atoms with van der Waals surface area (Å²) in [5, 5.41) is 11.6. The molecule has 0 spiro atoms. The third-order valence-electron chi connectivity index (χ3n) is 4.67. The van der Waals surface area contributed by atoms with Crippen molar-refractivity contribution in [3.05, 3.63) is 46.5 Å². The quantitative estimate of drug-likeness (QED) is 0.944. The normalized spacial score (nSPS) is 14.2. The molecule has 2 heterocycles. The lowest BCUT2D eigenvalue weighted by molar-refractivity contribution is 0.0953. The van der Waals surface area contributed by atoms with Gasteiger partial charge >= 0.3 is 0 Å². The maximum atomic E-state index is 12.3. The number of amides is 1. The van der Waals surface area contributed by atoms with Gasteiger partial charge in [0.15, 0.2) is 0 Å². The lowest BCUT2D eigenvalue weighted by Gasteiger charge is -2.10. The van der Waals surface area contributed by atoms with Crippen molar-refractivity contribution in [2.45, 2.75) is 52.5 Å². The second kappa shape index (κ2) is 6.94. The standard InChI is InChI=1S/C18H24N4O/c1-13-7-6-8-15(14(13)2)18(23)19-11-10-17-21-20-16-9-4-3-5-12-22(16)17/h6-8H,3-5,9-12H2,1-2H3,(H,19,23). The number of carbonyl (C=O) groups is 1. The van der Waals surface area contributed by atoms with Crippen LogP contribution in [0.1, 0.15) is 52.4 Å². The number of nitrogens with zero attached hydrogens (tertiary/aromatic N) is 3. The van der Waals surface area contributed by atoms with Crippen LogP contribution < -0.4 is 5.32 Å². The van der Waals surface area contributed by atoms with Gasteiger partial charge in [0, 0.05) is 31.5 Å². The zero-order chi connectivity index (χ0) is 16.2. The van der Waals surface area contributed by atoms with Gasteiger partial charge in [-0.1, -0.05) is 18.6 Å². The molecule has 0 unspecified atom stereocenters. The van der Waals surface area contributed by atoms with E-state index in [0.717, 1.165) is 47.7 Å². The minimum atomic E-state index is -0.0122. The van der Waals surface area contributed by atoms with Gasteiger partial charge in [-0.15, -0.1) is 10.2 Å².